The summed E-state index contributed by atoms with van der Waals surface area (Å²) in [6.07, 6.45) is 0.658. The van der Waals surface area contributed by atoms with Crippen molar-refractivity contribution in [3.8, 4) is 0 Å². The summed E-state index contributed by atoms with van der Waals surface area (Å²) in [5.74, 6) is -5.09. The number of rotatable bonds is 10. The third-order valence-electron chi connectivity index (χ3n) is 10.9. The van der Waals surface area contributed by atoms with Gasteiger partial charge >= 0.3 is 5.97 Å². The van der Waals surface area contributed by atoms with Crippen LogP contribution in [0.1, 0.15) is 55.5 Å². The number of aliphatic hydroxyl groups is 4. The number of fused-ring (bicyclic) bond motifs is 5. The van der Waals surface area contributed by atoms with Crippen LogP contribution in [0.5, 0.6) is 0 Å². The molecule has 0 radical (unpaired) electrons. The number of hydrogen-bond acceptors (Lipinski definition) is 12. The van der Waals surface area contributed by atoms with Gasteiger partial charge in [-0.3, -0.25) is 14.4 Å². The standard InChI is InChI=1S/C32H37FN2O12/c1-29-9-8-20(37)11-19(29)6-7-21-22-12-24(38)32(43,30(22,2)13-25(39)31(21,29)33)26(40)16-46-28(42)23(14-36)34-27(41)18-5-3-4-17(10-18)15-47-35(44)45/h3-6,8-10,21-25,36,38-39,43H,7,11-16H2,1-2H3,(H,34,41)/t21-,22-,23?,24+,25-,29-,30-,31-,32-/m0/s1. The van der Waals surface area contributed by atoms with Crippen molar-refractivity contribution in [1.82, 2.24) is 5.32 Å². The van der Waals surface area contributed by atoms with E-state index in [4.69, 9.17) is 4.74 Å². The number of carbonyl (C=O) groups excluding carboxylic acids is 4. The van der Waals surface area contributed by atoms with Crippen molar-refractivity contribution in [2.45, 2.75) is 75.7 Å². The zero-order chi connectivity index (χ0) is 34.5. The zero-order valence-electron chi connectivity index (χ0n) is 25.8. The van der Waals surface area contributed by atoms with Gasteiger partial charge < -0.3 is 35.3 Å². The lowest BCUT2D eigenvalue weighted by molar-refractivity contribution is -0.763. The van der Waals surface area contributed by atoms with Gasteiger partial charge in [-0.1, -0.05) is 36.8 Å². The number of ether oxygens (including phenoxy) is 1. The van der Waals surface area contributed by atoms with E-state index in [-0.39, 0.29) is 36.2 Å². The fourth-order valence-corrected chi connectivity index (χ4v) is 8.33. The Kier molecular flexibility index (Phi) is 8.90. The van der Waals surface area contributed by atoms with E-state index >= 15 is 4.39 Å². The maximum Gasteiger partial charge on any atom is 0.331 e. The van der Waals surface area contributed by atoms with E-state index < -0.39 is 101 Å². The maximum absolute atomic E-state index is 17.3. The van der Waals surface area contributed by atoms with Gasteiger partial charge in [-0.2, -0.15) is 0 Å². The van der Waals surface area contributed by atoms with E-state index in [1.54, 1.807) is 13.0 Å². The number of nitrogens with zero attached hydrogens (tertiary/aromatic N) is 1. The molecule has 1 aromatic carbocycles. The van der Waals surface area contributed by atoms with E-state index in [1.807, 2.05) is 0 Å². The van der Waals surface area contributed by atoms with E-state index in [2.05, 4.69) is 10.2 Å². The second kappa shape index (κ2) is 12.2. The molecule has 2 saturated carbocycles. The van der Waals surface area contributed by atoms with Crippen LogP contribution >= 0.6 is 0 Å². The number of nitrogens with one attached hydrogen (secondary N) is 1. The highest BCUT2D eigenvalue weighted by atomic mass is 19.1. The number of allylic oxidation sites excluding steroid dienone is 4. The van der Waals surface area contributed by atoms with Crippen molar-refractivity contribution in [1.29, 1.82) is 0 Å². The molecule has 1 amide bonds. The summed E-state index contributed by atoms with van der Waals surface area (Å²) in [7, 11) is 0. The molecule has 4 aliphatic carbocycles. The van der Waals surface area contributed by atoms with E-state index in [9.17, 15) is 49.7 Å². The van der Waals surface area contributed by atoms with Crippen LogP contribution in [0.3, 0.4) is 0 Å². The van der Waals surface area contributed by atoms with Crippen molar-refractivity contribution < 1.29 is 58.7 Å². The van der Waals surface area contributed by atoms with Crippen LogP contribution in [0.4, 0.5) is 4.39 Å². The summed E-state index contributed by atoms with van der Waals surface area (Å²) in [6, 6.07) is 3.86. The summed E-state index contributed by atoms with van der Waals surface area (Å²) < 4.78 is 22.4. The molecule has 2 fully saturated rings. The highest BCUT2D eigenvalue weighted by Crippen LogP contribution is 2.69. The molecule has 47 heavy (non-hydrogen) atoms. The molecule has 0 aliphatic heterocycles. The molecule has 4 aliphatic rings. The molecule has 0 bridgehead atoms. The Balaban J connectivity index is 1.29. The molecule has 15 heteroatoms. The van der Waals surface area contributed by atoms with Crippen LogP contribution in [-0.4, -0.2) is 91.7 Å². The minimum Gasteiger partial charge on any atom is -0.456 e. The highest BCUT2D eigenvalue weighted by molar-refractivity contribution is 5.97. The molecule has 9 atom stereocenters. The van der Waals surface area contributed by atoms with Gasteiger partial charge in [0, 0.05) is 28.7 Å². The molecule has 0 aromatic heterocycles. The molecular formula is C32H37FN2O12. The van der Waals surface area contributed by atoms with Crippen LogP contribution in [0, 0.1) is 32.8 Å². The average Bonchev–Trinajstić information content (AvgIpc) is 3.23. The fraction of sp³-hybridized carbons (Fsp3) is 0.562. The van der Waals surface area contributed by atoms with Gasteiger partial charge in [-0.05, 0) is 55.9 Å². The van der Waals surface area contributed by atoms with Gasteiger partial charge in [-0.25, -0.2) is 9.18 Å². The first-order chi connectivity index (χ1) is 22.0. The zero-order valence-corrected chi connectivity index (χ0v) is 25.8. The number of benzene rings is 1. The van der Waals surface area contributed by atoms with Gasteiger partial charge in [0.2, 0.25) is 5.78 Å². The number of ketones is 2. The van der Waals surface area contributed by atoms with Crippen LogP contribution in [0.2, 0.25) is 0 Å². The molecule has 0 saturated heterocycles. The molecule has 14 nitrogen and oxygen atoms in total. The largest absolute Gasteiger partial charge is 0.456 e. The monoisotopic (exact) mass is 660 g/mol. The molecule has 1 unspecified atom stereocenters. The highest BCUT2D eigenvalue weighted by Gasteiger charge is 2.76. The maximum atomic E-state index is 17.3. The quantitative estimate of drug-likeness (QED) is 0.101. The number of hydrogen-bond donors (Lipinski definition) is 5. The fourth-order valence-electron chi connectivity index (χ4n) is 8.33. The van der Waals surface area contributed by atoms with Gasteiger partial charge in [-0.15, -0.1) is 10.1 Å². The number of aliphatic hydroxyl groups excluding tert-OH is 3. The molecule has 0 heterocycles. The Morgan fingerprint density at radius 3 is 2.60 bits per heavy atom. The van der Waals surface area contributed by atoms with Crippen LogP contribution in [-0.2, 0) is 30.6 Å². The number of Topliss-reactive ketones (excluding diaryl/α,β-unsaturated/α-hetero) is 1. The summed E-state index contributed by atoms with van der Waals surface area (Å²) >= 11 is 0. The number of amides is 1. The molecule has 1 aromatic rings. The van der Waals surface area contributed by atoms with Crippen LogP contribution in [0.25, 0.3) is 0 Å². The average molecular weight is 661 g/mol. The second-order valence-corrected chi connectivity index (χ2v) is 13.2. The van der Waals surface area contributed by atoms with Crippen molar-refractivity contribution in [3.63, 3.8) is 0 Å². The number of esters is 1. The Hall–Kier alpha value is -4.05. The summed E-state index contributed by atoms with van der Waals surface area (Å²) in [6.45, 7) is 0.661. The molecule has 5 N–H and O–H groups in total. The number of alkyl halides is 1. The van der Waals surface area contributed by atoms with Gasteiger partial charge in [0.25, 0.3) is 11.0 Å². The summed E-state index contributed by atoms with van der Waals surface area (Å²) in [4.78, 5) is 65.9. The van der Waals surface area contributed by atoms with Gasteiger partial charge in [0.05, 0.1) is 18.8 Å². The molecule has 5 rings (SSSR count). The topological polar surface area (TPSA) is 223 Å². The first kappa shape index (κ1) is 34.3. The predicted molar refractivity (Wildman–Crippen MR) is 157 cm³/mol. The predicted octanol–water partition coefficient (Wildman–Crippen LogP) is 0.671. The first-order valence-corrected chi connectivity index (χ1v) is 15.2. The minimum absolute atomic E-state index is 0.0110. The smallest absolute Gasteiger partial charge is 0.331 e. The van der Waals surface area contributed by atoms with E-state index in [1.165, 1.54) is 43.3 Å². The van der Waals surface area contributed by atoms with Crippen molar-refractivity contribution in [2.24, 2.45) is 22.7 Å². The number of halogens is 1. The Morgan fingerprint density at radius 2 is 1.91 bits per heavy atom. The Labute approximate surface area is 268 Å². The lowest BCUT2D eigenvalue weighted by atomic mass is 9.45. The minimum atomic E-state index is -2.55. The van der Waals surface area contributed by atoms with Gasteiger partial charge in [0.1, 0.15) is 6.61 Å². The van der Waals surface area contributed by atoms with Crippen molar-refractivity contribution in [2.75, 3.05) is 13.2 Å². The lowest BCUT2D eigenvalue weighted by Crippen LogP contribution is -2.69. The van der Waals surface area contributed by atoms with Crippen molar-refractivity contribution >= 4 is 23.4 Å². The molecular weight excluding hydrogens is 623 g/mol. The second-order valence-electron chi connectivity index (χ2n) is 13.2. The van der Waals surface area contributed by atoms with E-state index in [0.717, 1.165) is 0 Å². The van der Waals surface area contributed by atoms with Crippen LogP contribution in [0.15, 0.2) is 48.1 Å². The molecule has 0 spiro atoms. The summed E-state index contributed by atoms with van der Waals surface area (Å²) in [5.41, 5.74) is -6.86. The van der Waals surface area contributed by atoms with Crippen LogP contribution < -0.4 is 5.32 Å². The van der Waals surface area contributed by atoms with E-state index in [0.29, 0.717) is 5.57 Å². The SMILES string of the molecule is C[C@]12C=CC(=O)CC1=CC[C@H]1[C@@H]3C[C@@H](O)[C@](O)(C(=O)COC(=O)C(CO)NC(=O)c4cccc(CO[N+](=O)[O-])c4)[C@@]3(C)C[C@H](O)[C@@]12F. The Bertz CT molecular complexity index is 1560. The first-order valence-electron chi connectivity index (χ1n) is 15.2. The lowest BCUT2D eigenvalue weighted by Gasteiger charge is -2.61. The normalized spacial score (nSPS) is 36.2. The molecule has 254 valence electrons. The van der Waals surface area contributed by atoms with Crippen molar-refractivity contribution in [3.05, 3.63) is 69.3 Å². The number of carbonyl (C=O) groups is 4. The third-order valence-corrected chi connectivity index (χ3v) is 10.9. The third kappa shape index (κ3) is 5.34. The summed E-state index contributed by atoms with van der Waals surface area (Å²) in [5, 5.41) is 55.8. The Morgan fingerprint density at radius 1 is 1.19 bits per heavy atom. The van der Waals surface area contributed by atoms with Gasteiger partial charge in [0.15, 0.2) is 29.7 Å².